The Balaban J connectivity index is -0.0000000200. The summed E-state index contributed by atoms with van der Waals surface area (Å²) in [5.41, 5.74) is 1.19. The van der Waals surface area contributed by atoms with Crippen LogP contribution < -0.4 is 9.64 Å². The van der Waals surface area contributed by atoms with Crippen molar-refractivity contribution in [3.05, 3.63) is 24.3 Å². The third kappa shape index (κ3) is 85.5. The van der Waals surface area contributed by atoms with Gasteiger partial charge in [-0.05, 0) is 12.1 Å². The Labute approximate surface area is 198 Å². The van der Waals surface area contributed by atoms with E-state index in [1.807, 2.05) is 59.7 Å². The molecule has 0 saturated carbocycles. The number of ether oxygens (including phenoxy) is 1. The van der Waals surface area contributed by atoms with Gasteiger partial charge in [-0.15, -0.1) is 0 Å². The molecule has 234 valence electrons. The van der Waals surface area contributed by atoms with Crippen molar-refractivity contribution in [2.45, 2.75) is 41.5 Å². The van der Waals surface area contributed by atoms with Crippen molar-refractivity contribution < 1.29 is 87.7 Å². The number of hydrogen-bond acceptors (Lipinski definition) is 3. The highest BCUT2D eigenvalue weighted by Crippen LogP contribution is 2.29. The lowest BCUT2D eigenvalue weighted by Crippen LogP contribution is -2.28. The lowest BCUT2D eigenvalue weighted by molar-refractivity contribution is 0.108. The zero-order valence-corrected chi connectivity index (χ0v) is 20.5. The van der Waals surface area contributed by atoms with Gasteiger partial charge in [0, 0.05) is 87.3 Å². The van der Waals surface area contributed by atoms with Gasteiger partial charge >= 0.3 is 0 Å². The molecule has 1 aliphatic rings. The monoisotopic (exact) mass is 595 g/mol. The molecule has 0 spiro atoms. The Hall–Kier alpha value is -2.41. The van der Waals surface area contributed by atoms with Crippen molar-refractivity contribution in [1.82, 2.24) is 0 Å². The van der Waals surface area contributed by atoms with Crippen LogP contribution in [0.25, 0.3) is 0 Å². The van der Waals surface area contributed by atoms with E-state index in [4.69, 9.17) is 83.0 Å². The van der Waals surface area contributed by atoms with Gasteiger partial charge in [-0.3, -0.25) is 4.70 Å². The standard InChI is InChI=1S/C9H11NO.3C2H6.CH4O.8F2.FH/c1-10-6-7-11-9-5-3-2-4-8(9)10;12*1-2;/h2-5H,6-7H2,1H3;3*1-2H3;2H,1H3;;;;;;;;;1H. The minimum absolute atomic E-state index is 0. The van der Waals surface area contributed by atoms with Crippen LogP contribution in [-0.2, 0) is 0 Å². The van der Waals surface area contributed by atoms with Gasteiger partial charge in [-0.1, -0.05) is 53.7 Å². The summed E-state index contributed by atoms with van der Waals surface area (Å²) < 4.78 is 133. The molecule has 1 aromatic rings. The van der Waals surface area contributed by atoms with Crippen LogP contribution in [0.5, 0.6) is 5.75 Å². The first-order valence-electron chi connectivity index (χ1n) is 8.40. The van der Waals surface area contributed by atoms with Gasteiger partial charge in [0.15, 0.2) is 0 Å². The molecule has 0 bridgehead atoms. The summed E-state index contributed by atoms with van der Waals surface area (Å²) >= 11 is 0. The summed E-state index contributed by atoms with van der Waals surface area (Å²) in [4.78, 5) is 2.21. The topological polar surface area (TPSA) is 32.7 Å². The highest BCUT2D eigenvalue weighted by Gasteiger charge is 2.12. The van der Waals surface area contributed by atoms with Gasteiger partial charge in [0.1, 0.15) is 12.4 Å². The van der Waals surface area contributed by atoms with E-state index in [1.54, 1.807) is 0 Å². The predicted molar refractivity (Wildman–Crippen MR) is 108 cm³/mol. The van der Waals surface area contributed by atoms with E-state index < -0.39 is 0 Å². The van der Waals surface area contributed by atoms with E-state index in [9.17, 15) is 0 Å². The number of hydrogen-bond donors (Lipinski definition) is 1. The molecule has 20 heteroatoms. The van der Waals surface area contributed by atoms with Crippen molar-refractivity contribution in [3.63, 3.8) is 0 Å². The van der Waals surface area contributed by atoms with E-state index in [-0.39, 0.29) is 4.70 Å². The molecule has 1 aliphatic heterocycles. The van der Waals surface area contributed by atoms with Gasteiger partial charge in [-0.25, -0.2) is 0 Å². The maximum atomic E-state index is 8.00. The summed E-state index contributed by atoms with van der Waals surface area (Å²) in [7, 11) is 3.08. The Morgan fingerprint density at radius 1 is 0.583 bits per heavy atom. The lowest BCUT2D eigenvalue weighted by Gasteiger charge is -2.27. The van der Waals surface area contributed by atoms with Gasteiger partial charge < -0.3 is 14.7 Å². The average molecular weight is 595 g/mol. The average Bonchev–Trinajstić information content (AvgIpc) is 3.05. The van der Waals surface area contributed by atoms with Gasteiger partial charge in [0.25, 0.3) is 0 Å². The number of nitrogens with zero attached hydrogens (tertiary/aromatic N) is 1. The maximum Gasteiger partial charge on any atom is 0.142 e. The highest BCUT2D eigenvalue weighted by molar-refractivity contribution is 5.58. The van der Waals surface area contributed by atoms with Crippen LogP contribution in [0.15, 0.2) is 24.3 Å². The third-order valence-electron chi connectivity index (χ3n) is 1.96. The molecule has 0 unspecified atom stereocenters. The number of fused-ring (bicyclic) bond motifs is 1. The summed E-state index contributed by atoms with van der Waals surface area (Å²) in [6, 6.07) is 8.11. The quantitative estimate of drug-likeness (QED) is 0.303. The number of aliphatic hydroxyl groups is 1. The second-order valence-electron chi connectivity index (χ2n) is 2.74. The van der Waals surface area contributed by atoms with Crippen LogP contribution in [0.1, 0.15) is 41.5 Å². The first-order chi connectivity index (χ1) is 17.4. The molecule has 1 heterocycles. The van der Waals surface area contributed by atoms with Crippen LogP contribution in [-0.4, -0.2) is 32.4 Å². The SMILES string of the molecule is CC.CC.CC.CN1CCOc2ccccc21.CO.F.FF.FF.FF.FF.FF.FF.FF.FF. The fourth-order valence-electron chi connectivity index (χ4n) is 1.31. The van der Waals surface area contributed by atoms with E-state index in [0.29, 0.717) is 0 Å². The second kappa shape index (κ2) is 176. The number of halogens is 17. The van der Waals surface area contributed by atoms with Gasteiger partial charge in [0.05, 0.1) is 12.2 Å². The van der Waals surface area contributed by atoms with Crippen molar-refractivity contribution in [1.29, 1.82) is 0 Å². The molecule has 0 atom stereocenters. The molecular formula is C16H34F17NO2. The minimum atomic E-state index is 0. The van der Waals surface area contributed by atoms with Crippen LogP contribution >= 0.6 is 0 Å². The van der Waals surface area contributed by atoms with Crippen LogP contribution in [0.3, 0.4) is 0 Å². The molecule has 1 N–H and O–H groups in total. The molecule has 0 amide bonds. The zero-order valence-electron chi connectivity index (χ0n) is 20.5. The highest BCUT2D eigenvalue weighted by atomic mass is 20.0. The Kier molecular flexibility index (Phi) is 374. The van der Waals surface area contributed by atoms with Gasteiger partial charge in [0.2, 0.25) is 0 Å². The van der Waals surface area contributed by atoms with E-state index in [1.165, 1.54) is 5.69 Å². The Morgan fingerprint density at radius 3 is 1.08 bits per heavy atom. The summed E-state index contributed by atoms with van der Waals surface area (Å²) in [5, 5.41) is 7.00. The van der Waals surface area contributed by atoms with Crippen LogP contribution in [0.2, 0.25) is 0 Å². The van der Waals surface area contributed by atoms with Crippen molar-refractivity contribution >= 4 is 5.69 Å². The van der Waals surface area contributed by atoms with E-state index in [2.05, 4.69) is 18.0 Å². The normalized spacial score (nSPS) is 6.75. The fraction of sp³-hybridized carbons (Fsp3) is 0.625. The lowest BCUT2D eigenvalue weighted by atomic mass is 10.2. The smallest absolute Gasteiger partial charge is 0.142 e. The molecule has 0 fully saturated rings. The number of benzene rings is 1. The molecule has 0 aliphatic carbocycles. The van der Waals surface area contributed by atoms with Gasteiger partial charge in [-0.2, -0.15) is 0 Å². The zero-order chi connectivity index (χ0) is 31.7. The molecular weight excluding hydrogens is 561 g/mol. The number of anilines is 1. The summed E-state index contributed by atoms with van der Waals surface area (Å²) in [6.07, 6.45) is 0. The predicted octanol–water partition coefficient (Wildman–Crippen LogP) is 11.1. The number of aliphatic hydroxyl groups excluding tert-OH is 1. The number of likely N-dealkylation sites (N-methyl/N-ethyl adjacent to an activating group) is 1. The molecule has 0 radical (unpaired) electrons. The Morgan fingerprint density at radius 2 is 0.833 bits per heavy atom. The number of rotatable bonds is 0. The van der Waals surface area contributed by atoms with Crippen molar-refractivity contribution in [3.8, 4) is 5.75 Å². The first kappa shape index (κ1) is 76.5. The molecule has 0 aromatic heterocycles. The fourth-order valence-corrected chi connectivity index (χ4v) is 1.31. The van der Waals surface area contributed by atoms with E-state index >= 15 is 0 Å². The number of para-hydroxylation sites is 2. The summed E-state index contributed by atoms with van der Waals surface area (Å²) in [6.45, 7) is 13.8. The molecule has 36 heavy (non-hydrogen) atoms. The molecule has 0 saturated heterocycles. The second-order valence-corrected chi connectivity index (χ2v) is 2.74. The van der Waals surface area contributed by atoms with Crippen LogP contribution in [0.4, 0.5) is 83.6 Å². The summed E-state index contributed by atoms with van der Waals surface area (Å²) in [5.74, 6) is 1.00. The molecule has 2 rings (SSSR count). The molecule has 1 aromatic carbocycles. The largest absolute Gasteiger partial charge is 0.490 e. The van der Waals surface area contributed by atoms with Crippen LogP contribution in [0, 0.1) is 0 Å². The minimum Gasteiger partial charge on any atom is -0.490 e. The Bertz CT molecular complexity index is 301. The third-order valence-corrected chi connectivity index (χ3v) is 1.96. The molecule has 3 nitrogen and oxygen atoms in total. The van der Waals surface area contributed by atoms with Crippen molar-refractivity contribution in [2.75, 3.05) is 32.2 Å². The van der Waals surface area contributed by atoms with Crippen molar-refractivity contribution in [2.24, 2.45) is 0 Å². The van der Waals surface area contributed by atoms with E-state index in [0.717, 1.165) is 26.0 Å². The maximum absolute atomic E-state index is 8.00. The first-order valence-corrected chi connectivity index (χ1v) is 8.40.